The molecule has 1 unspecified atom stereocenters. The highest BCUT2D eigenvalue weighted by Crippen LogP contribution is 2.29. The number of aryl methyl sites for hydroxylation is 3. The van der Waals surface area contributed by atoms with Gasteiger partial charge in [-0.2, -0.15) is 0 Å². The van der Waals surface area contributed by atoms with Crippen LogP contribution < -0.4 is 15.5 Å². The first kappa shape index (κ1) is 22.4. The van der Waals surface area contributed by atoms with Crippen LogP contribution in [0.4, 0.5) is 5.69 Å². The molecule has 0 radical (unpaired) electrons. The van der Waals surface area contributed by atoms with Crippen LogP contribution in [0.1, 0.15) is 56.7 Å². The molecule has 0 aliphatic heterocycles. The first-order valence-corrected chi connectivity index (χ1v) is 10.6. The topological polar surface area (TPSA) is 62.6 Å². The lowest BCUT2D eigenvalue weighted by Crippen LogP contribution is -3.15. The molecule has 2 amide bonds. The number of nitrogens with one attached hydrogen (secondary N) is 3. The van der Waals surface area contributed by atoms with Crippen molar-refractivity contribution in [2.24, 2.45) is 11.8 Å². The van der Waals surface area contributed by atoms with E-state index < -0.39 is 0 Å². The van der Waals surface area contributed by atoms with Crippen molar-refractivity contribution in [3.63, 3.8) is 0 Å². The number of hydrogen-bond donors (Lipinski definition) is 3. The molecular weight excluding hydrogens is 350 g/mol. The quantitative estimate of drug-likeness (QED) is 0.701. The predicted octanol–water partition coefficient (Wildman–Crippen LogP) is 2.39. The summed E-state index contributed by atoms with van der Waals surface area (Å²) in [5.41, 5.74) is 4.20. The van der Waals surface area contributed by atoms with Gasteiger partial charge in [-0.25, -0.2) is 0 Å². The first-order valence-electron chi connectivity index (χ1n) is 10.6. The molecule has 1 aliphatic rings. The monoisotopic (exact) mass is 388 g/mol. The van der Waals surface area contributed by atoms with E-state index in [0.717, 1.165) is 28.1 Å². The number of carbonyl (C=O) groups excluding carboxylic acids is 2. The van der Waals surface area contributed by atoms with Gasteiger partial charge in [-0.05, 0) is 57.1 Å². The molecule has 0 bridgehead atoms. The van der Waals surface area contributed by atoms with E-state index >= 15 is 0 Å². The predicted molar refractivity (Wildman–Crippen MR) is 115 cm³/mol. The third-order valence-electron chi connectivity index (χ3n) is 6.55. The third-order valence-corrected chi connectivity index (χ3v) is 6.55. The number of amides is 2. The highest BCUT2D eigenvalue weighted by molar-refractivity contribution is 5.93. The Kier molecular flexibility index (Phi) is 7.64. The zero-order valence-electron chi connectivity index (χ0n) is 18.6. The first-order chi connectivity index (χ1) is 13.1. The lowest BCUT2D eigenvalue weighted by molar-refractivity contribution is -0.885. The molecular formula is C23H38N3O2+. The average Bonchev–Trinajstić information content (AvgIpc) is 2.61. The lowest BCUT2D eigenvalue weighted by atomic mass is 9.78. The lowest BCUT2D eigenvalue weighted by Gasteiger charge is -2.35. The number of carbonyl (C=O) groups is 2. The molecule has 3 N–H and O–H groups in total. The van der Waals surface area contributed by atoms with Crippen molar-refractivity contribution in [3.05, 3.63) is 28.8 Å². The molecule has 1 aromatic carbocycles. The van der Waals surface area contributed by atoms with Crippen molar-refractivity contribution in [3.8, 4) is 0 Å². The van der Waals surface area contributed by atoms with Crippen molar-refractivity contribution >= 4 is 17.5 Å². The largest absolute Gasteiger partial charge is 0.348 e. The van der Waals surface area contributed by atoms with Gasteiger partial charge < -0.3 is 15.5 Å². The minimum absolute atomic E-state index is 0.0407. The average molecular weight is 389 g/mol. The second-order valence-corrected chi connectivity index (χ2v) is 8.95. The smallest absolute Gasteiger partial charge is 0.279 e. The fraction of sp³-hybridized carbons (Fsp3) is 0.652. The maximum absolute atomic E-state index is 12.7. The summed E-state index contributed by atoms with van der Waals surface area (Å²) in [6.45, 7) is 12.7. The number of rotatable bonds is 6. The van der Waals surface area contributed by atoms with Crippen LogP contribution in [0.15, 0.2) is 12.1 Å². The molecule has 1 saturated carbocycles. The fourth-order valence-corrected chi connectivity index (χ4v) is 4.28. The van der Waals surface area contributed by atoms with E-state index in [4.69, 9.17) is 0 Å². The molecule has 5 nitrogen and oxygen atoms in total. The van der Waals surface area contributed by atoms with Gasteiger partial charge in [0.05, 0.1) is 7.05 Å². The van der Waals surface area contributed by atoms with Gasteiger partial charge in [-0.3, -0.25) is 9.59 Å². The number of anilines is 1. The van der Waals surface area contributed by atoms with Crippen LogP contribution in [0.5, 0.6) is 0 Å². The second-order valence-electron chi connectivity index (χ2n) is 8.95. The van der Waals surface area contributed by atoms with Gasteiger partial charge in [0.25, 0.3) is 11.8 Å². The number of hydrogen-bond acceptors (Lipinski definition) is 2. The van der Waals surface area contributed by atoms with Crippen LogP contribution in [0.2, 0.25) is 0 Å². The third kappa shape index (κ3) is 5.57. The second kappa shape index (κ2) is 9.55. The van der Waals surface area contributed by atoms with Crippen LogP contribution in [0.3, 0.4) is 0 Å². The normalized spacial score (nSPS) is 24.3. The van der Waals surface area contributed by atoms with Crippen molar-refractivity contribution in [2.75, 3.05) is 18.9 Å². The van der Waals surface area contributed by atoms with Crippen LogP contribution in [-0.4, -0.2) is 37.5 Å². The van der Waals surface area contributed by atoms with Crippen LogP contribution in [0.25, 0.3) is 0 Å². The molecule has 1 aromatic rings. The highest BCUT2D eigenvalue weighted by atomic mass is 16.2. The Labute approximate surface area is 170 Å². The summed E-state index contributed by atoms with van der Waals surface area (Å²) in [7, 11) is 1.91. The maximum Gasteiger partial charge on any atom is 0.279 e. The Hall–Kier alpha value is -1.88. The van der Waals surface area contributed by atoms with E-state index in [1.54, 1.807) is 0 Å². The van der Waals surface area contributed by atoms with E-state index in [9.17, 15) is 9.59 Å². The van der Waals surface area contributed by atoms with Gasteiger partial charge in [-0.15, -0.1) is 0 Å². The fourth-order valence-electron chi connectivity index (χ4n) is 4.28. The van der Waals surface area contributed by atoms with Crippen molar-refractivity contribution in [2.45, 2.75) is 72.9 Å². The summed E-state index contributed by atoms with van der Waals surface area (Å²) < 4.78 is 0. The number of likely N-dealkylation sites (N-methyl/N-ethyl adjacent to an activating group) is 1. The maximum atomic E-state index is 12.7. The van der Waals surface area contributed by atoms with Crippen molar-refractivity contribution in [1.29, 1.82) is 0 Å². The van der Waals surface area contributed by atoms with Crippen LogP contribution in [-0.2, 0) is 9.59 Å². The van der Waals surface area contributed by atoms with Crippen molar-refractivity contribution < 1.29 is 14.5 Å². The molecule has 0 heterocycles. The molecule has 0 spiro atoms. The standard InChI is InChI=1S/C23H37N3O2/c1-14-11-16(3)22(17(4)12-14)25-21(27)13-26(7)19(6)23(28)24-20-10-8-9-15(2)18(20)5/h11-12,15,18-20H,8-10,13H2,1-7H3,(H,24,28)(H,25,27)/p+1/t15-,18-,19+,20+/m0/s1. The molecule has 28 heavy (non-hydrogen) atoms. The summed E-state index contributed by atoms with van der Waals surface area (Å²) in [4.78, 5) is 26.2. The molecule has 156 valence electrons. The Morgan fingerprint density at radius 1 is 1.14 bits per heavy atom. The van der Waals surface area contributed by atoms with Gasteiger partial charge in [0.2, 0.25) is 0 Å². The van der Waals surface area contributed by atoms with Crippen LogP contribution >= 0.6 is 0 Å². The van der Waals surface area contributed by atoms with Gasteiger partial charge >= 0.3 is 0 Å². The molecule has 5 atom stereocenters. The summed E-state index contributed by atoms with van der Waals surface area (Å²) in [6, 6.07) is 4.12. The molecule has 2 rings (SSSR count). The van der Waals surface area contributed by atoms with Gasteiger partial charge in [0.1, 0.15) is 0 Å². The van der Waals surface area contributed by atoms with Gasteiger partial charge in [0, 0.05) is 11.7 Å². The zero-order valence-corrected chi connectivity index (χ0v) is 18.6. The van der Waals surface area contributed by atoms with Gasteiger partial charge in [0.15, 0.2) is 12.6 Å². The Balaban J connectivity index is 1.91. The Morgan fingerprint density at radius 3 is 2.36 bits per heavy atom. The van der Waals surface area contributed by atoms with Crippen molar-refractivity contribution in [1.82, 2.24) is 5.32 Å². The molecule has 5 heteroatoms. The number of benzene rings is 1. The summed E-state index contributed by atoms with van der Waals surface area (Å²) in [5.74, 6) is 1.12. The molecule has 0 saturated heterocycles. The highest BCUT2D eigenvalue weighted by Gasteiger charge is 2.31. The molecule has 1 aliphatic carbocycles. The van der Waals surface area contributed by atoms with E-state index in [1.807, 2.05) is 27.8 Å². The van der Waals surface area contributed by atoms with E-state index in [0.29, 0.717) is 11.8 Å². The Bertz CT molecular complexity index is 693. The van der Waals surface area contributed by atoms with E-state index in [1.165, 1.54) is 18.4 Å². The summed E-state index contributed by atoms with van der Waals surface area (Å²) in [5, 5.41) is 6.27. The zero-order chi connectivity index (χ0) is 21.0. The summed E-state index contributed by atoms with van der Waals surface area (Å²) in [6.07, 6.45) is 3.47. The van der Waals surface area contributed by atoms with Crippen LogP contribution in [0, 0.1) is 32.6 Å². The SMILES string of the molecule is Cc1cc(C)c(NC(=O)C[NH+](C)[C@H](C)C(=O)N[C@@H]2CCC[C@H](C)[C@@H]2C)c(C)c1. The van der Waals surface area contributed by atoms with Gasteiger partial charge in [-0.1, -0.05) is 44.4 Å². The summed E-state index contributed by atoms with van der Waals surface area (Å²) >= 11 is 0. The number of quaternary nitrogens is 1. The minimum atomic E-state index is -0.268. The minimum Gasteiger partial charge on any atom is -0.348 e. The molecule has 1 fully saturated rings. The Morgan fingerprint density at radius 2 is 1.75 bits per heavy atom. The van der Waals surface area contributed by atoms with E-state index in [2.05, 4.69) is 43.5 Å². The molecule has 0 aromatic heterocycles. The van der Waals surface area contributed by atoms with E-state index in [-0.39, 0.29) is 30.4 Å².